The summed E-state index contributed by atoms with van der Waals surface area (Å²) in [7, 11) is -3.49. The van der Waals surface area contributed by atoms with Gasteiger partial charge >= 0.3 is 10.1 Å². The number of hydrogen-bond donors (Lipinski definition) is 0. The molecule has 0 bridgehead atoms. The van der Waals surface area contributed by atoms with E-state index in [1.807, 2.05) is 30.3 Å². The lowest BCUT2D eigenvalue weighted by Crippen LogP contribution is -2.05. The molecule has 0 atom stereocenters. The fraction of sp³-hybridized carbons (Fsp3) is 0.143. The molecule has 4 nitrogen and oxygen atoms in total. The van der Waals surface area contributed by atoms with Gasteiger partial charge in [0, 0.05) is 0 Å². The van der Waals surface area contributed by atoms with Crippen molar-refractivity contribution in [2.75, 3.05) is 6.26 Å². The van der Waals surface area contributed by atoms with Crippen molar-refractivity contribution in [3.8, 4) is 11.5 Å². The first-order valence-electron chi connectivity index (χ1n) is 5.69. The Hall–Kier alpha value is -2.01. The van der Waals surface area contributed by atoms with Gasteiger partial charge in [0.25, 0.3) is 0 Å². The van der Waals surface area contributed by atoms with Crippen molar-refractivity contribution in [3.05, 3.63) is 60.2 Å². The summed E-state index contributed by atoms with van der Waals surface area (Å²) >= 11 is 0. The summed E-state index contributed by atoms with van der Waals surface area (Å²) in [4.78, 5) is 0. The third kappa shape index (κ3) is 4.63. The molecule has 0 unspecified atom stereocenters. The van der Waals surface area contributed by atoms with Gasteiger partial charge < -0.3 is 8.92 Å². The molecule has 0 fully saturated rings. The summed E-state index contributed by atoms with van der Waals surface area (Å²) in [5.41, 5.74) is 1.07. The number of ether oxygens (including phenoxy) is 1. The molecule has 0 aliphatic rings. The minimum Gasteiger partial charge on any atom is -0.489 e. The summed E-state index contributed by atoms with van der Waals surface area (Å²) in [6.45, 7) is 0.465. The molecule has 0 heterocycles. The predicted octanol–water partition coefficient (Wildman–Crippen LogP) is 2.60. The van der Waals surface area contributed by atoms with Gasteiger partial charge in [0.2, 0.25) is 0 Å². The van der Waals surface area contributed by atoms with Gasteiger partial charge in [-0.15, -0.1) is 0 Å². The van der Waals surface area contributed by atoms with Crippen molar-refractivity contribution < 1.29 is 17.3 Å². The number of hydrogen-bond acceptors (Lipinski definition) is 4. The minimum absolute atomic E-state index is 0.273. The highest BCUT2D eigenvalue weighted by molar-refractivity contribution is 7.86. The molecule has 19 heavy (non-hydrogen) atoms. The normalized spacial score (nSPS) is 11.0. The van der Waals surface area contributed by atoms with Crippen LogP contribution in [0, 0.1) is 0 Å². The molecular formula is C14H14O4S. The van der Waals surface area contributed by atoms with E-state index in [0.717, 1.165) is 11.8 Å². The smallest absolute Gasteiger partial charge is 0.306 e. The Bertz CT molecular complexity index is 618. The summed E-state index contributed by atoms with van der Waals surface area (Å²) < 4.78 is 32.2. The highest BCUT2D eigenvalue weighted by Gasteiger charge is 2.04. The van der Waals surface area contributed by atoms with Crippen LogP contribution in [-0.4, -0.2) is 14.7 Å². The second kappa shape index (κ2) is 5.75. The molecule has 0 aliphatic carbocycles. The Morgan fingerprint density at radius 3 is 2.05 bits per heavy atom. The molecule has 0 amide bonds. The van der Waals surface area contributed by atoms with Crippen molar-refractivity contribution in [2.45, 2.75) is 6.61 Å². The van der Waals surface area contributed by atoms with Gasteiger partial charge in [-0.05, 0) is 29.8 Å². The van der Waals surface area contributed by atoms with Crippen LogP contribution in [0.15, 0.2) is 54.6 Å². The first kappa shape index (κ1) is 13.4. The maximum atomic E-state index is 10.9. The monoisotopic (exact) mass is 278 g/mol. The average molecular weight is 278 g/mol. The van der Waals surface area contributed by atoms with Crippen LogP contribution in [0.2, 0.25) is 0 Å². The van der Waals surface area contributed by atoms with E-state index in [4.69, 9.17) is 8.92 Å². The minimum atomic E-state index is -3.49. The number of rotatable bonds is 5. The standard InChI is InChI=1S/C14H14O4S/c1-19(15,16)18-14-9-7-13(8-10-14)17-11-12-5-3-2-4-6-12/h2-10H,11H2,1H3. The zero-order chi connectivity index (χ0) is 13.7. The second-order valence-corrected chi connectivity index (χ2v) is 5.61. The van der Waals surface area contributed by atoms with Crippen molar-refractivity contribution in [2.24, 2.45) is 0 Å². The summed E-state index contributed by atoms with van der Waals surface area (Å²) in [5, 5.41) is 0. The SMILES string of the molecule is CS(=O)(=O)Oc1ccc(OCc2ccccc2)cc1. The average Bonchev–Trinajstić information content (AvgIpc) is 2.37. The maximum Gasteiger partial charge on any atom is 0.306 e. The van der Waals surface area contributed by atoms with Gasteiger partial charge in [0.1, 0.15) is 18.1 Å². The predicted molar refractivity (Wildman–Crippen MR) is 72.7 cm³/mol. The Morgan fingerprint density at radius 1 is 0.895 bits per heavy atom. The molecule has 0 aliphatic heterocycles. The highest BCUT2D eigenvalue weighted by atomic mass is 32.2. The molecule has 100 valence electrons. The Labute approximate surface area is 112 Å². The van der Waals surface area contributed by atoms with Gasteiger partial charge in [0.05, 0.1) is 6.26 Å². The van der Waals surface area contributed by atoms with Crippen LogP contribution in [-0.2, 0) is 16.7 Å². The summed E-state index contributed by atoms with van der Waals surface area (Å²) in [6, 6.07) is 16.2. The fourth-order valence-electron chi connectivity index (χ4n) is 1.51. The van der Waals surface area contributed by atoms with Gasteiger partial charge in [-0.3, -0.25) is 0 Å². The molecular weight excluding hydrogens is 264 g/mol. The van der Waals surface area contributed by atoms with Crippen LogP contribution in [0.5, 0.6) is 11.5 Å². The largest absolute Gasteiger partial charge is 0.489 e. The second-order valence-electron chi connectivity index (χ2n) is 4.03. The topological polar surface area (TPSA) is 52.6 Å². The van der Waals surface area contributed by atoms with Gasteiger partial charge in [0.15, 0.2) is 0 Å². The highest BCUT2D eigenvalue weighted by Crippen LogP contribution is 2.19. The van der Waals surface area contributed by atoms with Crippen molar-refractivity contribution in [1.29, 1.82) is 0 Å². The van der Waals surface area contributed by atoms with E-state index < -0.39 is 10.1 Å². The lowest BCUT2D eigenvalue weighted by molar-refractivity contribution is 0.306. The molecule has 0 aromatic heterocycles. The van der Waals surface area contributed by atoms with E-state index >= 15 is 0 Å². The molecule has 2 aromatic carbocycles. The van der Waals surface area contributed by atoms with Crippen LogP contribution in [0.4, 0.5) is 0 Å². The Kier molecular flexibility index (Phi) is 4.06. The van der Waals surface area contributed by atoms with Gasteiger partial charge in [-0.25, -0.2) is 0 Å². The molecule has 0 saturated carbocycles. The van der Waals surface area contributed by atoms with Crippen LogP contribution in [0.3, 0.4) is 0 Å². The molecule has 0 saturated heterocycles. The van der Waals surface area contributed by atoms with E-state index in [1.54, 1.807) is 24.3 Å². The molecule has 0 spiro atoms. The van der Waals surface area contributed by atoms with Crippen molar-refractivity contribution in [1.82, 2.24) is 0 Å². The van der Waals surface area contributed by atoms with Crippen LogP contribution in [0.25, 0.3) is 0 Å². The molecule has 5 heteroatoms. The van der Waals surface area contributed by atoms with Crippen LogP contribution in [0.1, 0.15) is 5.56 Å². The summed E-state index contributed by atoms with van der Waals surface area (Å²) in [6.07, 6.45) is 1.01. The van der Waals surface area contributed by atoms with Crippen molar-refractivity contribution in [3.63, 3.8) is 0 Å². The third-order valence-corrected chi connectivity index (χ3v) is 2.81. The first-order chi connectivity index (χ1) is 9.03. The quantitative estimate of drug-likeness (QED) is 0.789. The van der Waals surface area contributed by atoms with E-state index in [0.29, 0.717) is 12.4 Å². The summed E-state index contributed by atoms with van der Waals surface area (Å²) in [5.74, 6) is 0.930. The fourth-order valence-corrected chi connectivity index (χ4v) is 1.97. The molecule has 0 radical (unpaired) electrons. The van der Waals surface area contributed by atoms with Crippen LogP contribution < -0.4 is 8.92 Å². The number of benzene rings is 2. The molecule has 2 aromatic rings. The van der Waals surface area contributed by atoms with Gasteiger partial charge in [-0.1, -0.05) is 30.3 Å². The molecule has 2 rings (SSSR count). The lowest BCUT2D eigenvalue weighted by atomic mass is 10.2. The zero-order valence-electron chi connectivity index (χ0n) is 10.4. The van der Waals surface area contributed by atoms with E-state index in [9.17, 15) is 8.42 Å². The lowest BCUT2D eigenvalue weighted by Gasteiger charge is -2.07. The maximum absolute atomic E-state index is 10.9. The Balaban J connectivity index is 1.96. The molecule has 0 N–H and O–H groups in total. The van der Waals surface area contributed by atoms with Gasteiger partial charge in [-0.2, -0.15) is 8.42 Å². The first-order valence-corrected chi connectivity index (χ1v) is 7.51. The van der Waals surface area contributed by atoms with Crippen LogP contribution >= 0.6 is 0 Å². The van der Waals surface area contributed by atoms with E-state index in [2.05, 4.69) is 0 Å². The van der Waals surface area contributed by atoms with E-state index in [1.165, 1.54) is 0 Å². The van der Waals surface area contributed by atoms with Crippen molar-refractivity contribution >= 4 is 10.1 Å². The zero-order valence-corrected chi connectivity index (χ0v) is 11.3. The third-order valence-electron chi connectivity index (χ3n) is 2.32. The Morgan fingerprint density at radius 2 is 1.47 bits per heavy atom. The van der Waals surface area contributed by atoms with E-state index in [-0.39, 0.29) is 5.75 Å².